The van der Waals surface area contributed by atoms with Gasteiger partial charge in [0.1, 0.15) is 0 Å². The highest BCUT2D eigenvalue weighted by atomic mass is 15.0. The molecule has 0 saturated carbocycles. The summed E-state index contributed by atoms with van der Waals surface area (Å²) in [7, 11) is 0. The molecule has 6 aromatic rings. The molecule has 0 saturated heterocycles. The van der Waals surface area contributed by atoms with E-state index in [1.54, 1.807) is 0 Å². The Labute approximate surface area is 218 Å². The zero-order valence-electron chi connectivity index (χ0n) is 21.0. The van der Waals surface area contributed by atoms with Crippen LogP contribution in [0.2, 0.25) is 0 Å². The summed E-state index contributed by atoms with van der Waals surface area (Å²) >= 11 is 0. The summed E-state index contributed by atoms with van der Waals surface area (Å²) in [6.45, 7) is 2.24. The van der Waals surface area contributed by atoms with Gasteiger partial charge in [0.25, 0.3) is 0 Å². The fraction of sp³-hybridized carbons (Fsp3) is 0.114. The van der Waals surface area contributed by atoms with E-state index in [0.717, 1.165) is 34.4 Å². The molecule has 6 rings (SSSR count). The van der Waals surface area contributed by atoms with E-state index in [9.17, 15) is 5.26 Å². The number of benzene rings is 5. The molecule has 0 unspecified atom stereocenters. The second-order valence-corrected chi connectivity index (χ2v) is 9.57. The summed E-state index contributed by atoms with van der Waals surface area (Å²) < 4.78 is 2.40. The second-order valence-electron chi connectivity index (χ2n) is 9.57. The minimum atomic E-state index is 0.657. The minimum Gasteiger partial charge on any atom is -0.308 e. The summed E-state index contributed by atoms with van der Waals surface area (Å²) in [5, 5.41) is 12.5. The molecule has 178 valence electrons. The van der Waals surface area contributed by atoms with Crippen molar-refractivity contribution in [3.05, 3.63) is 126 Å². The van der Waals surface area contributed by atoms with Crippen molar-refractivity contribution in [2.45, 2.75) is 26.2 Å². The normalized spacial score (nSPS) is 11.1. The van der Waals surface area contributed by atoms with Crippen molar-refractivity contribution in [3.63, 3.8) is 0 Å². The smallest absolute Gasteiger partial charge is 0.0992 e. The van der Waals surface area contributed by atoms with E-state index >= 15 is 0 Å². The summed E-state index contributed by atoms with van der Waals surface area (Å²) in [6.07, 6.45) is 3.47. The quantitative estimate of drug-likeness (QED) is 0.235. The van der Waals surface area contributed by atoms with E-state index in [-0.39, 0.29) is 0 Å². The lowest BCUT2D eigenvalue weighted by Crippen LogP contribution is -2.02. The molecule has 2 nitrogen and oxygen atoms in total. The summed E-state index contributed by atoms with van der Waals surface area (Å²) in [6, 6.07) is 42.9. The van der Waals surface area contributed by atoms with Crippen molar-refractivity contribution >= 4 is 21.8 Å². The first-order valence-corrected chi connectivity index (χ1v) is 13.0. The Morgan fingerprint density at radius 3 is 1.86 bits per heavy atom. The minimum absolute atomic E-state index is 0.657. The first-order chi connectivity index (χ1) is 18.3. The first-order valence-electron chi connectivity index (χ1n) is 13.0. The molecule has 37 heavy (non-hydrogen) atoms. The molecule has 0 amide bonds. The predicted molar refractivity (Wildman–Crippen MR) is 155 cm³/mol. The maximum atomic E-state index is 9.99. The van der Waals surface area contributed by atoms with Gasteiger partial charge in [-0.3, -0.25) is 0 Å². The van der Waals surface area contributed by atoms with Crippen molar-refractivity contribution < 1.29 is 0 Å². The number of nitriles is 1. The van der Waals surface area contributed by atoms with Crippen LogP contribution in [0.5, 0.6) is 0 Å². The molecule has 0 aliphatic rings. The Kier molecular flexibility index (Phi) is 6.05. The molecule has 0 fully saturated rings. The fourth-order valence-corrected chi connectivity index (χ4v) is 5.41. The average Bonchev–Trinajstić information content (AvgIpc) is 3.29. The van der Waals surface area contributed by atoms with Gasteiger partial charge in [0, 0.05) is 21.9 Å². The highest BCUT2D eigenvalue weighted by Crippen LogP contribution is 2.42. The Bertz CT molecular complexity index is 1690. The van der Waals surface area contributed by atoms with E-state index < -0.39 is 0 Å². The SMILES string of the molecule is CCCCc1ccc2c(c1)c1ccccc1n2-c1c(-c2ccccc2)cc(C#N)cc1-c1ccccc1. The summed E-state index contributed by atoms with van der Waals surface area (Å²) in [5.41, 5.74) is 9.78. The lowest BCUT2D eigenvalue weighted by Gasteiger charge is -2.20. The van der Waals surface area contributed by atoms with E-state index in [1.165, 1.54) is 40.2 Å². The second kappa shape index (κ2) is 9.80. The maximum Gasteiger partial charge on any atom is 0.0992 e. The molecule has 0 aliphatic heterocycles. The van der Waals surface area contributed by atoms with Gasteiger partial charge in [-0.15, -0.1) is 0 Å². The average molecular weight is 477 g/mol. The molecule has 1 aromatic heterocycles. The van der Waals surface area contributed by atoms with Crippen LogP contribution >= 0.6 is 0 Å². The molecule has 2 heteroatoms. The van der Waals surface area contributed by atoms with Gasteiger partial charge in [-0.05, 0) is 59.9 Å². The van der Waals surface area contributed by atoms with Gasteiger partial charge in [-0.25, -0.2) is 0 Å². The van der Waals surface area contributed by atoms with Gasteiger partial charge >= 0.3 is 0 Å². The van der Waals surface area contributed by atoms with Gasteiger partial charge in [0.05, 0.1) is 28.4 Å². The summed E-state index contributed by atoms with van der Waals surface area (Å²) in [4.78, 5) is 0. The predicted octanol–water partition coefficient (Wildman–Crippen LogP) is 9.33. The number of rotatable bonds is 6. The van der Waals surface area contributed by atoms with Crippen LogP contribution in [0.1, 0.15) is 30.9 Å². The first kappa shape index (κ1) is 22.8. The van der Waals surface area contributed by atoms with Crippen molar-refractivity contribution in [3.8, 4) is 34.0 Å². The largest absolute Gasteiger partial charge is 0.308 e. The Hall–Kier alpha value is -4.61. The van der Waals surface area contributed by atoms with Gasteiger partial charge in [0.2, 0.25) is 0 Å². The monoisotopic (exact) mass is 476 g/mol. The standard InChI is InChI=1S/C35H28N2/c1-2-3-12-25-19-20-34-32(21-25)29-17-10-11-18-33(29)37(34)35-30(27-13-6-4-7-14-27)22-26(24-36)23-31(35)28-15-8-5-9-16-28/h4-11,13-23H,2-3,12H2,1H3. The highest BCUT2D eigenvalue weighted by molar-refractivity contribution is 6.11. The lowest BCUT2D eigenvalue weighted by molar-refractivity contribution is 0.796. The van der Waals surface area contributed by atoms with Crippen molar-refractivity contribution in [1.29, 1.82) is 5.26 Å². The molecule has 0 atom stereocenters. The molecule has 5 aromatic carbocycles. The van der Waals surface area contributed by atoms with Crippen molar-refractivity contribution in [2.75, 3.05) is 0 Å². The van der Waals surface area contributed by atoms with Gasteiger partial charge in [-0.2, -0.15) is 5.26 Å². The number of hydrogen-bond acceptors (Lipinski definition) is 1. The molecular formula is C35H28N2. The van der Waals surface area contributed by atoms with Crippen LogP contribution in [0, 0.1) is 11.3 Å². The third-order valence-electron chi connectivity index (χ3n) is 7.19. The molecule has 0 aliphatic carbocycles. The number of aryl methyl sites for hydroxylation is 1. The Morgan fingerprint density at radius 2 is 1.24 bits per heavy atom. The Balaban J connectivity index is 1.76. The zero-order chi connectivity index (χ0) is 25.2. The van der Waals surface area contributed by atoms with Crippen LogP contribution in [-0.4, -0.2) is 4.57 Å². The lowest BCUT2D eigenvalue weighted by atomic mass is 9.93. The number of unbranched alkanes of at least 4 members (excludes halogenated alkanes) is 1. The van der Waals surface area contributed by atoms with Crippen LogP contribution in [0.25, 0.3) is 49.7 Å². The third kappa shape index (κ3) is 4.09. The number of aromatic nitrogens is 1. The van der Waals surface area contributed by atoms with E-state index in [4.69, 9.17) is 0 Å². The Morgan fingerprint density at radius 1 is 0.649 bits per heavy atom. The van der Waals surface area contributed by atoms with E-state index in [2.05, 4.69) is 109 Å². The number of fused-ring (bicyclic) bond motifs is 3. The molecule has 0 bridgehead atoms. The third-order valence-corrected chi connectivity index (χ3v) is 7.19. The van der Waals surface area contributed by atoms with E-state index in [1.807, 2.05) is 24.3 Å². The van der Waals surface area contributed by atoms with Crippen LogP contribution in [-0.2, 0) is 6.42 Å². The maximum absolute atomic E-state index is 9.99. The van der Waals surface area contributed by atoms with Crippen LogP contribution < -0.4 is 0 Å². The molecule has 0 radical (unpaired) electrons. The van der Waals surface area contributed by atoms with Gasteiger partial charge in [-0.1, -0.05) is 98.3 Å². The molecule has 0 N–H and O–H groups in total. The topological polar surface area (TPSA) is 28.7 Å². The van der Waals surface area contributed by atoms with E-state index in [0.29, 0.717) is 5.56 Å². The van der Waals surface area contributed by atoms with Crippen LogP contribution in [0.15, 0.2) is 115 Å². The van der Waals surface area contributed by atoms with Crippen LogP contribution in [0.4, 0.5) is 0 Å². The van der Waals surface area contributed by atoms with Gasteiger partial charge in [0.15, 0.2) is 0 Å². The van der Waals surface area contributed by atoms with Gasteiger partial charge < -0.3 is 4.57 Å². The number of hydrogen-bond donors (Lipinski definition) is 0. The molecule has 1 heterocycles. The van der Waals surface area contributed by atoms with Crippen molar-refractivity contribution in [1.82, 2.24) is 4.57 Å². The van der Waals surface area contributed by atoms with Crippen LogP contribution in [0.3, 0.4) is 0 Å². The molecule has 0 spiro atoms. The number of para-hydroxylation sites is 1. The molecular weight excluding hydrogens is 448 g/mol. The highest BCUT2D eigenvalue weighted by Gasteiger charge is 2.21. The zero-order valence-corrected chi connectivity index (χ0v) is 21.0. The van der Waals surface area contributed by atoms with Crippen molar-refractivity contribution in [2.24, 2.45) is 0 Å². The fourth-order valence-electron chi connectivity index (χ4n) is 5.41. The number of nitrogens with zero attached hydrogens (tertiary/aromatic N) is 2. The summed E-state index contributed by atoms with van der Waals surface area (Å²) in [5.74, 6) is 0.